The SMILES string of the molecule is Cc1cccc(CCC(=O)NNC(=O)CCCOc2ccc(Cl)cc2Cl)c1. The van der Waals surface area contributed by atoms with Crippen LogP contribution in [0.15, 0.2) is 42.5 Å². The van der Waals surface area contributed by atoms with Crippen LogP contribution in [0.25, 0.3) is 0 Å². The lowest BCUT2D eigenvalue weighted by Crippen LogP contribution is -2.41. The molecule has 0 spiro atoms. The molecule has 0 fully saturated rings. The molecule has 2 rings (SSSR count). The van der Waals surface area contributed by atoms with Crippen molar-refractivity contribution in [1.29, 1.82) is 0 Å². The maximum atomic E-state index is 11.8. The van der Waals surface area contributed by atoms with Crippen LogP contribution in [-0.2, 0) is 16.0 Å². The van der Waals surface area contributed by atoms with Crippen LogP contribution < -0.4 is 15.6 Å². The third-order valence-corrected chi connectivity index (χ3v) is 4.29. The summed E-state index contributed by atoms with van der Waals surface area (Å²) in [7, 11) is 0. The maximum absolute atomic E-state index is 11.8. The van der Waals surface area contributed by atoms with Crippen LogP contribution in [0.5, 0.6) is 5.75 Å². The quantitative estimate of drug-likeness (QED) is 0.506. The van der Waals surface area contributed by atoms with Crippen LogP contribution in [0.2, 0.25) is 10.0 Å². The Balaban J connectivity index is 1.59. The molecule has 2 aromatic rings. The van der Waals surface area contributed by atoms with Gasteiger partial charge in [-0.2, -0.15) is 0 Å². The van der Waals surface area contributed by atoms with Crippen LogP contribution in [0.4, 0.5) is 0 Å². The zero-order valence-electron chi connectivity index (χ0n) is 15.1. The minimum absolute atomic E-state index is 0.226. The molecule has 0 unspecified atom stereocenters. The van der Waals surface area contributed by atoms with E-state index in [1.807, 2.05) is 31.2 Å². The number of nitrogens with one attached hydrogen (secondary N) is 2. The average Bonchev–Trinajstić information content (AvgIpc) is 2.63. The molecule has 2 aromatic carbocycles. The van der Waals surface area contributed by atoms with Crippen molar-refractivity contribution in [2.75, 3.05) is 6.61 Å². The van der Waals surface area contributed by atoms with Gasteiger partial charge in [-0.3, -0.25) is 20.4 Å². The standard InChI is InChI=1S/C20H22Cl2N2O3/c1-14-4-2-5-15(12-14)7-10-20(26)24-23-19(25)6-3-11-27-18-9-8-16(21)13-17(18)22/h2,4-5,8-9,12-13H,3,6-7,10-11H2,1H3,(H,23,25)(H,24,26). The first-order valence-corrected chi connectivity index (χ1v) is 9.41. The predicted molar refractivity (Wildman–Crippen MR) is 107 cm³/mol. The molecule has 0 heterocycles. The van der Waals surface area contributed by atoms with E-state index in [9.17, 15) is 9.59 Å². The highest BCUT2D eigenvalue weighted by molar-refractivity contribution is 6.35. The van der Waals surface area contributed by atoms with Gasteiger partial charge < -0.3 is 4.74 Å². The second-order valence-corrected chi connectivity index (χ2v) is 6.96. The Morgan fingerprint density at radius 1 is 1.00 bits per heavy atom. The van der Waals surface area contributed by atoms with Gasteiger partial charge in [0.2, 0.25) is 11.8 Å². The minimum Gasteiger partial charge on any atom is -0.492 e. The summed E-state index contributed by atoms with van der Waals surface area (Å²) in [5.41, 5.74) is 7.08. The zero-order chi connectivity index (χ0) is 19.6. The monoisotopic (exact) mass is 408 g/mol. The van der Waals surface area contributed by atoms with Gasteiger partial charge in [0.1, 0.15) is 5.75 Å². The number of benzene rings is 2. The van der Waals surface area contributed by atoms with Gasteiger partial charge in [0, 0.05) is 17.9 Å². The molecule has 0 aliphatic heterocycles. The summed E-state index contributed by atoms with van der Waals surface area (Å²) in [4.78, 5) is 23.6. The second-order valence-electron chi connectivity index (χ2n) is 6.11. The lowest BCUT2D eigenvalue weighted by Gasteiger charge is -2.09. The van der Waals surface area contributed by atoms with Crippen molar-refractivity contribution < 1.29 is 14.3 Å². The summed E-state index contributed by atoms with van der Waals surface area (Å²) in [6.07, 6.45) is 1.65. The minimum atomic E-state index is -0.273. The molecule has 0 atom stereocenters. The summed E-state index contributed by atoms with van der Waals surface area (Å²) in [6, 6.07) is 12.9. The molecule has 0 saturated heterocycles. The number of rotatable bonds is 8. The average molecular weight is 409 g/mol. The van der Waals surface area contributed by atoms with E-state index in [0.717, 1.165) is 11.1 Å². The summed E-state index contributed by atoms with van der Waals surface area (Å²) in [5.74, 6) is 0.0182. The number of carbonyl (C=O) groups excluding carboxylic acids is 2. The number of amides is 2. The normalized spacial score (nSPS) is 10.3. The predicted octanol–water partition coefficient (Wildman–Crippen LogP) is 4.24. The molecule has 27 heavy (non-hydrogen) atoms. The van der Waals surface area contributed by atoms with Gasteiger partial charge in [0.25, 0.3) is 0 Å². The number of halogens is 2. The van der Waals surface area contributed by atoms with E-state index in [0.29, 0.717) is 41.7 Å². The summed E-state index contributed by atoms with van der Waals surface area (Å²) in [6.45, 7) is 2.34. The van der Waals surface area contributed by atoms with Crippen LogP contribution in [0.1, 0.15) is 30.4 Å². The molecule has 0 radical (unpaired) electrons. The molecule has 0 aromatic heterocycles. The fourth-order valence-electron chi connectivity index (χ4n) is 2.40. The Morgan fingerprint density at radius 2 is 1.74 bits per heavy atom. The zero-order valence-corrected chi connectivity index (χ0v) is 16.6. The molecule has 2 amide bonds. The molecule has 2 N–H and O–H groups in total. The van der Waals surface area contributed by atoms with E-state index in [4.69, 9.17) is 27.9 Å². The third kappa shape index (κ3) is 7.89. The number of hydrogen-bond acceptors (Lipinski definition) is 3. The fourth-order valence-corrected chi connectivity index (χ4v) is 2.86. The van der Waals surface area contributed by atoms with Gasteiger partial charge in [0.05, 0.1) is 11.6 Å². The van der Waals surface area contributed by atoms with Crippen molar-refractivity contribution in [2.24, 2.45) is 0 Å². The molecule has 0 bridgehead atoms. The van der Waals surface area contributed by atoms with Gasteiger partial charge >= 0.3 is 0 Å². The van der Waals surface area contributed by atoms with E-state index >= 15 is 0 Å². The first-order chi connectivity index (χ1) is 12.9. The first kappa shape index (κ1) is 21.1. The van der Waals surface area contributed by atoms with E-state index < -0.39 is 0 Å². The largest absolute Gasteiger partial charge is 0.492 e. The van der Waals surface area contributed by atoms with Crippen molar-refractivity contribution in [3.8, 4) is 5.75 Å². The topological polar surface area (TPSA) is 67.4 Å². The lowest BCUT2D eigenvalue weighted by atomic mass is 10.1. The van der Waals surface area contributed by atoms with Crippen molar-refractivity contribution >= 4 is 35.0 Å². The van der Waals surface area contributed by atoms with Crippen molar-refractivity contribution in [3.05, 3.63) is 63.6 Å². The fraction of sp³-hybridized carbons (Fsp3) is 0.300. The van der Waals surface area contributed by atoms with Crippen LogP contribution >= 0.6 is 23.2 Å². The van der Waals surface area contributed by atoms with Crippen LogP contribution in [0, 0.1) is 6.92 Å². The second kappa shape index (κ2) is 10.8. The molecule has 0 aliphatic rings. The first-order valence-electron chi connectivity index (χ1n) is 8.65. The van der Waals surface area contributed by atoms with Crippen LogP contribution in [0.3, 0.4) is 0 Å². The number of ether oxygens (including phenoxy) is 1. The van der Waals surface area contributed by atoms with Crippen molar-refractivity contribution in [2.45, 2.75) is 32.6 Å². The van der Waals surface area contributed by atoms with Crippen molar-refractivity contribution in [3.63, 3.8) is 0 Å². The Bertz CT molecular complexity index is 797. The molecular formula is C20H22Cl2N2O3. The Hall–Kier alpha value is -2.24. The highest BCUT2D eigenvalue weighted by Gasteiger charge is 2.07. The highest BCUT2D eigenvalue weighted by atomic mass is 35.5. The summed E-state index contributed by atoms with van der Waals surface area (Å²) in [5, 5.41) is 0.956. The van der Waals surface area contributed by atoms with E-state index in [1.165, 1.54) is 0 Å². The molecule has 0 aliphatic carbocycles. The summed E-state index contributed by atoms with van der Waals surface area (Å²) < 4.78 is 5.51. The number of carbonyl (C=O) groups is 2. The van der Waals surface area contributed by atoms with E-state index in [2.05, 4.69) is 10.9 Å². The Labute approximate surface area is 169 Å². The van der Waals surface area contributed by atoms with Crippen LogP contribution in [-0.4, -0.2) is 18.4 Å². The molecule has 0 saturated carbocycles. The van der Waals surface area contributed by atoms with Gasteiger partial charge in [-0.1, -0.05) is 53.0 Å². The van der Waals surface area contributed by atoms with Gasteiger partial charge in [-0.05, 0) is 43.5 Å². The maximum Gasteiger partial charge on any atom is 0.238 e. The number of aryl methyl sites for hydroxylation is 2. The van der Waals surface area contributed by atoms with E-state index in [1.54, 1.807) is 18.2 Å². The van der Waals surface area contributed by atoms with Crippen molar-refractivity contribution in [1.82, 2.24) is 10.9 Å². The van der Waals surface area contributed by atoms with Gasteiger partial charge in [0.15, 0.2) is 0 Å². The molecule has 144 valence electrons. The smallest absolute Gasteiger partial charge is 0.238 e. The highest BCUT2D eigenvalue weighted by Crippen LogP contribution is 2.27. The number of hydrazine groups is 1. The molecule has 5 nitrogen and oxygen atoms in total. The van der Waals surface area contributed by atoms with Gasteiger partial charge in [-0.15, -0.1) is 0 Å². The van der Waals surface area contributed by atoms with E-state index in [-0.39, 0.29) is 18.2 Å². The Morgan fingerprint density at radius 3 is 2.44 bits per heavy atom. The summed E-state index contributed by atoms with van der Waals surface area (Å²) >= 11 is 11.8. The lowest BCUT2D eigenvalue weighted by molar-refractivity contribution is -0.129. The number of hydrogen-bond donors (Lipinski definition) is 2. The Kier molecular flexibility index (Phi) is 8.43. The van der Waals surface area contributed by atoms with Gasteiger partial charge in [-0.25, -0.2) is 0 Å². The third-order valence-electron chi connectivity index (χ3n) is 3.76. The molecule has 7 heteroatoms. The molecular weight excluding hydrogens is 387 g/mol.